The molecule has 1 aromatic rings. The van der Waals surface area contributed by atoms with Crippen molar-refractivity contribution < 1.29 is 9.53 Å². The van der Waals surface area contributed by atoms with Crippen LogP contribution >= 0.6 is 0 Å². The van der Waals surface area contributed by atoms with Crippen LogP contribution in [0.3, 0.4) is 0 Å². The molecule has 18 heavy (non-hydrogen) atoms. The van der Waals surface area contributed by atoms with Crippen LogP contribution in [0.25, 0.3) is 0 Å². The van der Waals surface area contributed by atoms with Crippen LogP contribution in [-0.4, -0.2) is 28.3 Å². The zero-order valence-electron chi connectivity index (χ0n) is 11.5. The van der Waals surface area contributed by atoms with Crippen LogP contribution in [0.4, 0.5) is 0 Å². The Labute approximate surface area is 108 Å². The van der Waals surface area contributed by atoms with Crippen molar-refractivity contribution >= 4 is 6.29 Å². The van der Waals surface area contributed by atoms with E-state index in [1.807, 2.05) is 11.6 Å². The van der Waals surface area contributed by atoms with E-state index in [4.69, 9.17) is 4.74 Å². The van der Waals surface area contributed by atoms with Gasteiger partial charge < -0.3 is 4.74 Å². The molecule has 0 aromatic carbocycles. The maximum atomic E-state index is 11.2. The second kappa shape index (κ2) is 5.65. The maximum absolute atomic E-state index is 11.2. The molecule has 0 amide bonds. The first-order valence-electron chi connectivity index (χ1n) is 6.88. The predicted octanol–water partition coefficient (Wildman–Crippen LogP) is 2.39. The molecule has 4 nitrogen and oxygen atoms in total. The molecule has 0 saturated carbocycles. The molecule has 1 aliphatic heterocycles. The molecule has 2 heterocycles. The molecule has 0 bridgehead atoms. The molecule has 1 aromatic heterocycles. The summed E-state index contributed by atoms with van der Waals surface area (Å²) in [6.07, 6.45) is 5.39. The van der Waals surface area contributed by atoms with Crippen molar-refractivity contribution in [2.75, 3.05) is 0 Å². The topological polar surface area (TPSA) is 44.1 Å². The molecular weight excluding hydrogens is 228 g/mol. The van der Waals surface area contributed by atoms with E-state index in [9.17, 15) is 4.79 Å². The first-order valence-corrected chi connectivity index (χ1v) is 6.88. The third kappa shape index (κ3) is 2.48. The lowest BCUT2D eigenvalue weighted by Gasteiger charge is -2.13. The molecule has 1 fully saturated rings. The van der Waals surface area contributed by atoms with Crippen LogP contribution in [0.2, 0.25) is 0 Å². The average molecular weight is 250 g/mol. The van der Waals surface area contributed by atoms with Gasteiger partial charge in [-0.3, -0.25) is 9.48 Å². The van der Waals surface area contributed by atoms with Gasteiger partial charge in [0.2, 0.25) is 0 Å². The quantitative estimate of drug-likeness (QED) is 0.754. The minimum Gasteiger partial charge on any atom is -0.373 e. The van der Waals surface area contributed by atoms with Crippen LogP contribution in [0.1, 0.15) is 55.4 Å². The Morgan fingerprint density at radius 1 is 1.39 bits per heavy atom. The maximum Gasteiger partial charge on any atom is 0.153 e. The lowest BCUT2D eigenvalue weighted by molar-refractivity contribution is 0.0431. The second-order valence-corrected chi connectivity index (χ2v) is 4.96. The van der Waals surface area contributed by atoms with E-state index >= 15 is 0 Å². The number of rotatable bonds is 5. The molecule has 2 unspecified atom stereocenters. The monoisotopic (exact) mass is 250 g/mol. The van der Waals surface area contributed by atoms with Crippen LogP contribution in [0.5, 0.6) is 0 Å². The Bertz CT molecular complexity index is 426. The fourth-order valence-electron chi connectivity index (χ4n) is 2.70. The predicted molar refractivity (Wildman–Crippen MR) is 69.9 cm³/mol. The summed E-state index contributed by atoms with van der Waals surface area (Å²) in [7, 11) is 0. The Kier molecular flexibility index (Phi) is 4.17. The van der Waals surface area contributed by atoms with E-state index in [1.165, 1.54) is 0 Å². The number of carbonyl (C=O) groups excluding carboxylic acids is 1. The number of ether oxygens (including phenoxy) is 1. The standard InChI is InChI=1S/C14H22N2O2/c1-4-13-12(9-17)14(5-2)16(15-13)8-11-7-6-10(3)18-11/h9-11H,4-8H2,1-3H3. The highest BCUT2D eigenvalue weighted by molar-refractivity contribution is 5.78. The van der Waals surface area contributed by atoms with Gasteiger partial charge in [-0.25, -0.2) is 0 Å². The number of nitrogens with zero attached hydrogens (tertiary/aromatic N) is 2. The van der Waals surface area contributed by atoms with E-state index in [2.05, 4.69) is 18.9 Å². The normalized spacial score (nSPS) is 23.5. The molecule has 2 rings (SSSR count). The molecule has 1 aliphatic rings. The van der Waals surface area contributed by atoms with Gasteiger partial charge in [0.05, 0.1) is 30.0 Å². The van der Waals surface area contributed by atoms with E-state index < -0.39 is 0 Å². The molecule has 1 saturated heterocycles. The fraction of sp³-hybridized carbons (Fsp3) is 0.714. The minimum atomic E-state index is 0.245. The van der Waals surface area contributed by atoms with Crippen molar-refractivity contribution in [3.05, 3.63) is 17.0 Å². The third-order valence-electron chi connectivity index (χ3n) is 3.66. The van der Waals surface area contributed by atoms with Crippen LogP contribution < -0.4 is 0 Å². The summed E-state index contributed by atoms with van der Waals surface area (Å²) in [5, 5.41) is 4.56. The van der Waals surface area contributed by atoms with E-state index in [0.29, 0.717) is 6.10 Å². The van der Waals surface area contributed by atoms with Gasteiger partial charge in [-0.2, -0.15) is 5.10 Å². The number of aromatic nitrogens is 2. The highest BCUT2D eigenvalue weighted by Crippen LogP contribution is 2.22. The van der Waals surface area contributed by atoms with Crippen molar-refractivity contribution in [1.29, 1.82) is 0 Å². The van der Waals surface area contributed by atoms with Gasteiger partial charge in [0.1, 0.15) is 0 Å². The summed E-state index contributed by atoms with van der Waals surface area (Å²) in [5.41, 5.74) is 2.74. The first kappa shape index (κ1) is 13.3. The van der Waals surface area contributed by atoms with Crippen molar-refractivity contribution in [1.82, 2.24) is 9.78 Å². The lowest BCUT2D eigenvalue weighted by atomic mass is 10.1. The largest absolute Gasteiger partial charge is 0.373 e. The van der Waals surface area contributed by atoms with Gasteiger partial charge in [0.25, 0.3) is 0 Å². The summed E-state index contributed by atoms with van der Waals surface area (Å²) in [5.74, 6) is 0. The van der Waals surface area contributed by atoms with Gasteiger partial charge in [-0.1, -0.05) is 13.8 Å². The number of hydrogen-bond acceptors (Lipinski definition) is 3. The molecule has 4 heteroatoms. The zero-order valence-corrected chi connectivity index (χ0v) is 11.5. The molecular formula is C14H22N2O2. The lowest BCUT2D eigenvalue weighted by Crippen LogP contribution is -2.19. The van der Waals surface area contributed by atoms with Crippen LogP contribution in [0, 0.1) is 0 Å². The Balaban J connectivity index is 2.21. The minimum absolute atomic E-state index is 0.245. The Morgan fingerprint density at radius 3 is 2.67 bits per heavy atom. The van der Waals surface area contributed by atoms with E-state index in [1.54, 1.807) is 0 Å². The van der Waals surface area contributed by atoms with E-state index in [0.717, 1.165) is 55.5 Å². The SMILES string of the molecule is CCc1nn(CC2CCC(C)O2)c(CC)c1C=O. The number of aldehydes is 1. The van der Waals surface area contributed by atoms with E-state index in [-0.39, 0.29) is 6.10 Å². The number of hydrogen-bond donors (Lipinski definition) is 0. The summed E-state index contributed by atoms with van der Waals surface area (Å²) in [4.78, 5) is 11.2. The summed E-state index contributed by atoms with van der Waals surface area (Å²) >= 11 is 0. The third-order valence-corrected chi connectivity index (χ3v) is 3.66. The fourth-order valence-corrected chi connectivity index (χ4v) is 2.70. The first-order chi connectivity index (χ1) is 8.69. The Hall–Kier alpha value is -1.16. The zero-order chi connectivity index (χ0) is 13.1. The summed E-state index contributed by atoms with van der Waals surface area (Å²) in [6.45, 7) is 6.98. The second-order valence-electron chi connectivity index (χ2n) is 4.96. The molecule has 0 aliphatic carbocycles. The van der Waals surface area contributed by atoms with Crippen molar-refractivity contribution in [3.8, 4) is 0 Å². The molecule has 0 N–H and O–H groups in total. The van der Waals surface area contributed by atoms with Crippen molar-refractivity contribution in [3.63, 3.8) is 0 Å². The van der Waals surface area contributed by atoms with Crippen LogP contribution in [-0.2, 0) is 24.1 Å². The van der Waals surface area contributed by atoms with Gasteiger partial charge in [0, 0.05) is 5.69 Å². The van der Waals surface area contributed by atoms with Gasteiger partial charge >= 0.3 is 0 Å². The summed E-state index contributed by atoms with van der Waals surface area (Å²) < 4.78 is 7.81. The summed E-state index contributed by atoms with van der Waals surface area (Å²) in [6, 6.07) is 0. The number of carbonyl (C=O) groups is 1. The Morgan fingerprint density at radius 2 is 2.17 bits per heavy atom. The van der Waals surface area contributed by atoms with Gasteiger partial charge in [-0.05, 0) is 32.6 Å². The highest BCUT2D eigenvalue weighted by Gasteiger charge is 2.24. The number of aryl methyl sites for hydroxylation is 1. The molecule has 2 atom stereocenters. The molecule has 100 valence electrons. The van der Waals surface area contributed by atoms with Gasteiger partial charge in [0.15, 0.2) is 6.29 Å². The highest BCUT2D eigenvalue weighted by atomic mass is 16.5. The smallest absolute Gasteiger partial charge is 0.153 e. The van der Waals surface area contributed by atoms with Crippen molar-refractivity contribution in [2.24, 2.45) is 0 Å². The van der Waals surface area contributed by atoms with Crippen molar-refractivity contribution in [2.45, 2.75) is 65.2 Å². The molecule has 0 spiro atoms. The molecule has 0 radical (unpaired) electrons. The van der Waals surface area contributed by atoms with Gasteiger partial charge in [-0.15, -0.1) is 0 Å². The average Bonchev–Trinajstić information content (AvgIpc) is 2.92. The van der Waals surface area contributed by atoms with Crippen LogP contribution in [0.15, 0.2) is 0 Å².